The summed E-state index contributed by atoms with van der Waals surface area (Å²) >= 11 is 0. The Balaban J connectivity index is 1.54. The maximum Gasteiger partial charge on any atom is 0.312 e. The number of ether oxygens (including phenoxy) is 2. The van der Waals surface area contributed by atoms with Crippen molar-refractivity contribution >= 4 is 29.2 Å². The minimum Gasteiger partial charge on any atom is -0.466 e. The minimum absolute atomic E-state index is 0.0961. The maximum atomic E-state index is 14.4. The molecule has 2 aromatic rings. The van der Waals surface area contributed by atoms with Crippen LogP contribution in [0, 0.1) is 17.8 Å². The van der Waals surface area contributed by atoms with Gasteiger partial charge in [-0.15, -0.1) is 0 Å². The molecule has 3 unspecified atom stereocenters. The number of hydrogen-bond donors (Lipinski definition) is 2. The molecule has 5 rings (SSSR count). The molecule has 226 valence electrons. The van der Waals surface area contributed by atoms with Gasteiger partial charge in [0.1, 0.15) is 17.6 Å². The SMILES string of the molecule is CCOC(=O)[C@H]1[C@H]2C(=O)N([C@@H](CO)Cc3ccccc3)C(C(=O)Nc3ccc(N(CC)CC)cc3)C23CC(C)[C@]1(C)O3. The lowest BCUT2D eigenvalue weighted by atomic mass is 9.62. The van der Waals surface area contributed by atoms with Crippen LogP contribution < -0.4 is 10.2 Å². The smallest absolute Gasteiger partial charge is 0.312 e. The van der Waals surface area contributed by atoms with Crippen molar-refractivity contribution in [3.05, 3.63) is 60.2 Å². The summed E-state index contributed by atoms with van der Waals surface area (Å²) in [6.07, 6.45) is 0.792. The van der Waals surface area contributed by atoms with Gasteiger partial charge in [-0.05, 0) is 76.3 Å². The van der Waals surface area contributed by atoms with Crippen LogP contribution in [-0.2, 0) is 30.3 Å². The molecule has 0 saturated carbocycles. The quantitative estimate of drug-likeness (QED) is 0.393. The van der Waals surface area contributed by atoms with Crippen LogP contribution in [0.3, 0.4) is 0 Å². The van der Waals surface area contributed by atoms with Crippen molar-refractivity contribution in [2.24, 2.45) is 17.8 Å². The van der Waals surface area contributed by atoms with Crippen molar-refractivity contribution in [2.75, 3.05) is 36.5 Å². The van der Waals surface area contributed by atoms with Crippen LogP contribution in [0.1, 0.15) is 46.6 Å². The molecule has 0 aliphatic carbocycles. The number of fused-ring (bicyclic) bond motifs is 1. The van der Waals surface area contributed by atoms with Crippen LogP contribution in [0.25, 0.3) is 0 Å². The third-order valence-electron chi connectivity index (χ3n) is 9.72. The lowest BCUT2D eigenvalue weighted by Crippen LogP contribution is -2.57. The zero-order valence-corrected chi connectivity index (χ0v) is 25.2. The Morgan fingerprint density at radius 2 is 1.79 bits per heavy atom. The predicted molar refractivity (Wildman–Crippen MR) is 160 cm³/mol. The third kappa shape index (κ3) is 4.76. The average molecular weight is 578 g/mol. The molecule has 3 heterocycles. The Labute approximate surface area is 248 Å². The number of aliphatic hydroxyl groups excluding tert-OH is 1. The number of carbonyl (C=O) groups is 3. The summed E-state index contributed by atoms with van der Waals surface area (Å²) < 4.78 is 12.2. The Kier molecular flexibility index (Phi) is 8.36. The molecule has 9 nitrogen and oxygen atoms in total. The van der Waals surface area contributed by atoms with Crippen molar-refractivity contribution in [1.82, 2.24) is 4.90 Å². The van der Waals surface area contributed by atoms with Crippen molar-refractivity contribution in [3.8, 4) is 0 Å². The van der Waals surface area contributed by atoms with E-state index in [1.165, 1.54) is 4.90 Å². The molecule has 1 spiro atoms. The fraction of sp³-hybridized carbons (Fsp3) is 0.545. The number of rotatable bonds is 11. The topological polar surface area (TPSA) is 108 Å². The van der Waals surface area contributed by atoms with E-state index in [9.17, 15) is 19.5 Å². The number of hydrogen-bond acceptors (Lipinski definition) is 7. The highest BCUT2D eigenvalue weighted by Gasteiger charge is 2.80. The van der Waals surface area contributed by atoms with E-state index in [4.69, 9.17) is 9.47 Å². The van der Waals surface area contributed by atoms with E-state index in [-0.39, 0.29) is 25.0 Å². The number of nitrogens with zero attached hydrogens (tertiary/aromatic N) is 2. The summed E-state index contributed by atoms with van der Waals surface area (Å²) in [5, 5.41) is 13.7. The largest absolute Gasteiger partial charge is 0.466 e. The van der Waals surface area contributed by atoms with Crippen molar-refractivity contribution < 1.29 is 29.0 Å². The van der Waals surface area contributed by atoms with E-state index in [0.29, 0.717) is 18.5 Å². The van der Waals surface area contributed by atoms with Crippen molar-refractivity contribution in [1.29, 1.82) is 0 Å². The first-order chi connectivity index (χ1) is 20.1. The fourth-order valence-electron chi connectivity index (χ4n) is 7.65. The molecule has 0 radical (unpaired) electrons. The lowest BCUT2D eigenvalue weighted by Gasteiger charge is -2.37. The van der Waals surface area contributed by atoms with E-state index >= 15 is 0 Å². The number of carbonyl (C=O) groups excluding carboxylic acids is 3. The van der Waals surface area contributed by atoms with Gasteiger partial charge in [0.25, 0.3) is 0 Å². The van der Waals surface area contributed by atoms with E-state index in [1.807, 2.05) is 68.4 Å². The van der Waals surface area contributed by atoms with Gasteiger partial charge in [-0.25, -0.2) is 0 Å². The van der Waals surface area contributed by atoms with E-state index in [0.717, 1.165) is 24.3 Å². The molecule has 2 amide bonds. The molecule has 7 atom stereocenters. The molecule has 9 heteroatoms. The first kappa shape index (κ1) is 30.0. The molecular formula is C33H43N3O6. The molecule has 42 heavy (non-hydrogen) atoms. The molecule has 0 aromatic heterocycles. The molecule has 2 aromatic carbocycles. The van der Waals surface area contributed by atoms with Gasteiger partial charge < -0.3 is 29.7 Å². The summed E-state index contributed by atoms with van der Waals surface area (Å²) in [7, 11) is 0. The van der Waals surface area contributed by atoms with Crippen LogP contribution in [0.15, 0.2) is 54.6 Å². The van der Waals surface area contributed by atoms with Crippen LogP contribution in [-0.4, -0.2) is 77.4 Å². The molecule has 3 aliphatic heterocycles. The monoisotopic (exact) mass is 577 g/mol. The predicted octanol–water partition coefficient (Wildman–Crippen LogP) is 3.65. The number of benzene rings is 2. The summed E-state index contributed by atoms with van der Waals surface area (Å²) in [5.41, 5.74) is 0.404. The Morgan fingerprint density at radius 3 is 2.38 bits per heavy atom. The number of anilines is 2. The van der Waals surface area contributed by atoms with Crippen LogP contribution in [0.2, 0.25) is 0 Å². The number of nitrogens with one attached hydrogen (secondary N) is 1. The Hall–Kier alpha value is -3.43. The van der Waals surface area contributed by atoms with Gasteiger partial charge in [-0.3, -0.25) is 14.4 Å². The van der Waals surface area contributed by atoms with E-state index in [1.54, 1.807) is 6.92 Å². The van der Waals surface area contributed by atoms with Gasteiger partial charge in [-0.2, -0.15) is 0 Å². The van der Waals surface area contributed by atoms with Gasteiger partial charge in [0.15, 0.2) is 0 Å². The zero-order chi connectivity index (χ0) is 30.2. The van der Waals surface area contributed by atoms with Gasteiger partial charge in [0.2, 0.25) is 11.8 Å². The first-order valence-electron chi connectivity index (χ1n) is 15.1. The third-order valence-corrected chi connectivity index (χ3v) is 9.72. The van der Waals surface area contributed by atoms with Gasteiger partial charge >= 0.3 is 5.97 Å². The highest BCUT2D eigenvalue weighted by atomic mass is 16.6. The van der Waals surface area contributed by atoms with Gasteiger partial charge in [0.05, 0.1) is 30.8 Å². The van der Waals surface area contributed by atoms with E-state index < -0.39 is 47.0 Å². The molecule has 3 fully saturated rings. The van der Waals surface area contributed by atoms with Gasteiger partial charge in [0, 0.05) is 24.5 Å². The number of amides is 2. The summed E-state index contributed by atoms with van der Waals surface area (Å²) in [4.78, 5) is 45.8. The minimum atomic E-state index is -1.22. The van der Waals surface area contributed by atoms with Crippen LogP contribution in [0.5, 0.6) is 0 Å². The molecular weight excluding hydrogens is 534 g/mol. The summed E-state index contributed by atoms with van der Waals surface area (Å²) in [6.45, 7) is 11.3. The van der Waals surface area contributed by atoms with Crippen molar-refractivity contribution in [2.45, 2.75) is 70.7 Å². The standard InChI is InChI=1S/C33H43N3O6/c1-6-35(7-2)24-16-14-23(15-17-24)34-29(38)28-33-19-21(4)32(5,42-33)27(31(40)41-8-3)26(33)30(39)36(28)25(20-37)18-22-12-10-9-11-13-22/h9-17,21,25-28,37H,6-8,18-20H2,1-5H3,(H,34,38)/t21?,25-,26+,27-,28?,32+,33?/m1/s1. The molecule has 3 saturated heterocycles. The highest BCUT2D eigenvalue weighted by molar-refractivity contribution is 6.03. The molecule has 3 aliphatic rings. The lowest BCUT2D eigenvalue weighted by molar-refractivity contribution is -0.161. The molecule has 2 bridgehead atoms. The maximum absolute atomic E-state index is 14.4. The second kappa shape index (κ2) is 11.7. The second-order valence-corrected chi connectivity index (χ2v) is 11.9. The van der Waals surface area contributed by atoms with Crippen LogP contribution in [0.4, 0.5) is 11.4 Å². The van der Waals surface area contributed by atoms with Crippen LogP contribution >= 0.6 is 0 Å². The molecule has 2 N–H and O–H groups in total. The average Bonchev–Trinajstić information content (AvgIpc) is 3.50. The van der Waals surface area contributed by atoms with Crippen molar-refractivity contribution in [3.63, 3.8) is 0 Å². The number of likely N-dealkylation sites (tertiary alicyclic amines) is 1. The Bertz CT molecular complexity index is 1300. The number of esters is 1. The van der Waals surface area contributed by atoms with E-state index in [2.05, 4.69) is 24.1 Å². The second-order valence-electron chi connectivity index (χ2n) is 11.9. The van der Waals surface area contributed by atoms with Gasteiger partial charge in [-0.1, -0.05) is 37.3 Å². The summed E-state index contributed by atoms with van der Waals surface area (Å²) in [5.74, 6) is -3.06. The normalized spacial score (nSPS) is 30.2. The zero-order valence-electron chi connectivity index (χ0n) is 25.2. The fourth-order valence-corrected chi connectivity index (χ4v) is 7.65. The highest BCUT2D eigenvalue weighted by Crippen LogP contribution is 2.65. The summed E-state index contributed by atoms with van der Waals surface area (Å²) in [6, 6.07) is 15.5. The first-order valence-corrected chi connectivity index (χ1v) is 15.1. The Morgan fingerprint density at radius 1 is 1.12 bits per heavy atom. The number of aliphatic hydroxyl groups is 1.